The molecular formula is C11H18N+. The van der Waals surface area contributed by atoms with Crippen LogP contribution in [0.25, 0.3) is 0 Å². The molecule has 12 heavy (non-hydrogen) atoms. The van der Waals surface area contributed by atoms with Crippen LogP contribution in [0.4, 0.5) is 0 Å². The molecule has 0 aromatic carbocycles. The number of rotatable bonds is 0. The van der Waals surface area contributed by atoms with E-state index in [0.29, 0.717) is 0 Å². The first-order valence-electron chi connectivity index (χ1n) is 5.16. The van der Waals surface area contributed by atoms with Gasteiger partial charge in [0.05, 0.1) is 27.2 Å². The van der Waals surface area contributed by atoms with Crippen molar-refractivity contribution in [3.63, 3.8) is 0 Å². The number of nitrogens with zero attached hydrogens (tertiary/aromatic N) is 1. The topological polar surface area (TPSA) is 0 Å². The molecule has 1 aliphatic heterocycles. The van der Waals surface area contributed by atoms with Gasteiger partial charge in [0.1, 0.15) is 0 Å². The van der Waals surface area contributed by atoms with Crippen molar-refractivity contribution in [2.45, 2.75) is 6.42 Å². The smallest absolute Gasteiger partial charge is 0.0822 e. The van der Waals surface area contributed by atoms with Crippen LogP contribution in [-0.2, 0) is 0 Å². The first-order chi connectivity index (χ1) is 5.66. The predicted octanol–water partition coefficient (Wildman–Crippen LogP) is 1.51. The molecule has 2 aliphatic carbocycles. The number of quaternary nitrogens is 1. The Morgan fingerprint density at radius 2 is 1.50 bits per heavy atom. The number of allylic oxidation sites excluding steroid dienone is 2. The highest BCUT2D eigenvalue weighted by molar-refractivity contribution is 5.14. The fraction of sp³-hybridized carbons (Fsp3) is 0.818. The first kappa shape index (κ1) is 7.14. The fourth-order valence-electron chi connectivity index (χ4n) is 3.78. The summed E-state index contributed by atoms with van der Waals surface area (Å²) in [6.07, 6.45) is 6.45. The molecule has 0 aromatic rings. The van der Waals surface area contributed by atoms with E-state index in [1.807, 2.05) is 0 Å². The molecule has 2 bridgehead atoms. The summed E-state index contributed by atoms with van der Waals surface area (Å²) in [5.74, 6) is 3.99. The van der Waals surface area contributed by atoms with E-state index in [9.17, 15) is 0 Å². The van der Waals surface area contributed by atoms with E-state index >= 15 is 0 Å². The Morgan fingerprint density at radius 3 is 2.00 bits per heavy atom. The Bertz CT molecular complexity index is 219. The van der Waals surface area contributed by atoms with Gasteiger partial charge < -0.3 is 4.48 Å². The molecule has 0 spiro atoms. The standard InChI is InChI=1S/C11H18N/c1-12(2)6-10-8-3-4-9(5-8)11(10)7-12/h3-4,8-11H,5-7H2,1-2H3/q+1/t8-,9+,10-,11-/m0/s1. The Labute approximate surface area is 74.7 Å². The quantitative estimate of drug-likeness (QED) is 0.376. The molecule has 3 aliphatic rings. The van der Waals surface area contributed by atoms with Crippen molar-refractivity contribution in [2.75, 3.05) is 27.2 Å². The van der Waals surface area contributed by atoms with E-state index in [4.69, 9.17) is 0 Å². The van der Waals surface area contributed by atoms with Gasteiger partial charge >= 0.3 is 0 Å². The van der Waals surface area contributed by atoms with Crippen LogP contribution in [-0.4, -0.2) is 31.7 Å². The van der Waals surface area contributed by atoms with E-state index in [1.54, 1.807) is 0 Å². The second-order valence-corrected chi connectivity index (χ2v) is 5.58. The lowest BCUT2D eigenvalue weighted by molar-refractivity contribution is -0.881. The van der Waals surface area contributed by atoms with Gasteiger partial charge in [-0.1, -0.05) is 12.2 Å². The van der Waals surface area contributed by atoms with Crippen molar-refractivity contribution in [1.29, 1.82) is 0 Å². The second kappa shape index (κ2) is 1.95. The van der Waals surface area contributed by atoms with Crippen molar-refractivity contribution in [1.82, 2.24) is 0 Å². The minimum Gasteiger partial charge on any atom is -0.328 e. The number of likely N-dealkylation sites (tertiary alicyclic amines) is 1. The van der Waals surface area contributed by atoms with Crippen molar-refractivity contribution >= 4 is 0 Å². The van der Waals surface area contributed by atoms with Crippen molar-refractivity contribution in [2.24, 2.45) is 23.7 Å². The van der Waals surface area contributed by atoms with Crippen LogP contribution in [0, 0.1) is 23.7 Å². The fourth-order valence-corrected chi connectivity index (χ4v) is 3.78. The van der Waals surface area contributed by atoms with Gasteiger partial charge in [0.2, 0.25) is 0 Å². The molecule has 0 radical (unpaired) electrons. The molecule has 1 heterocycles. The van der Waals surface area contributed by atoms with Crippen LogP contribution >= 0.6 is 0 Å². The number of hydrogen-bond donors (Lipinski definition) is 0. The minimum absolute atomic E-state index is 0.958. The summed E-state index contributed by atoms with van der Waals surface area (Å²) in [6, 6.07) is 0. The molecule has 1 saturated heterocycles. The van der Waals surface area contributed by atoms with Gasteiger partial charge in [-0.3, -0.25) is 0 Å². The number of fused-ring (bicyclic) bond motifs is 5. The van der Waals surface area contributed by atoms with Crippen LogP contribution in [0.3, 0.4) is 0 Å². The zero-order valence-corrected chi connectivity index (χ0v) is 8.03. The highest BCUT2D eigenvalue weighted by atomic mass is 15.3. The van der Waals surface area contributed by atoms with E-state index in [-0.39, 0.29) is 0 Å². The Morgan fingerprint density at radius 1 is 1.00 bits per heavy atom. The third-order valence-corrected chi connectivity index (χ3v) is 4.21. The Balaban J connectivity index is 1.91. The largest absolute Gasteiger partial charge is 0.328 e. The van der Waals surface area contributed by atoms with E-state index in [0.717, 1.165) is 23.7 Å². The summed E-state index contributed by atoms with van der Waals surface area (Å²) >= 11 is 0. The van der Waals surface area contributed by atoms with Gasteiger partial charge in [0.15, 0.2) is 0 Å². The molecule has 66 valence electrons. The maximum absolute atomic E-state index is 2.48. The molecule has 1 nitrogen and oxygen atoms in total. The lowest BCUT2D eigenvalue weighted by Crippen LogP contribution is -2.38. The van der Waals surface area contributed by atoms with Crippen LogP contribution in [0.1, 0.15) is 6.42 Å². The van der Waals surface area contributed by atoms with Crippen LogP contribution in [0.2, 0.25) is 0 Å². The molecule has 3 rings (SSSR count). The molecule has 4 atom stereocenters. The lowest BCUT2D eigenvalue weighted by atomic mass is 9.86. The maximum Gasteiger partial charge on any atom is 0.0822 e. The van der Waals surface area contributed by atoms with Crippen LogP contribution in [0.15, 0.2) is 12.2 Å². The molecular weight excluding hydrogens is 146 g/mol. The number of hydrogen-bond acceptors (Lipinski definition) is 0. The molecule has 0 aromatic heterocycles. The maximum atomic E-state index is 2.48. The molecule has 0 N–H and O–H groups in total. The third-order valence-electron chi connectivity index (χ3n) is 4.21. The van der Waals surface area contributed by atoms with Gasteiger partial charge in [0, 0.05) is 11.8 Å². The molecule has 0 amide bonds. The van der Waals surface area contributed by atoms with E-state index in [1.165, 1.54) is 24.0 Å². The second-order valence-electron chi connectivity index (χ2n) is 5.58. The van der Waals surface area contributed by atoms with Crippen LogP contribution < -0.4 is 0 Å². The third kappa shape index (κ3) is 0.779. The van der Waals surface area contributed by atoms with Gasteiger partial charge in [-0.25, -0.2) is 0 Å². The normalized spacial score (nSPS) is 53.2. The minimum atomic E-state index is 0.958. The summed E-state index contributed by atoms with van der Waals surface area (Å²) in [4.78, 5) is 0. The van der Waals surface area contributed by atoms with Crippen molar-refractivity contribution < 1.29 is 4.48 Å². The Kier molecular flexibility index (Phi) is 1.16. The van der Waals surface area contributed by atoms with Crippen LogP contribution in [0.5, 0.6) is 0 Å². The van der Waals surface area contributed by atoms with Gasteiger partial charge in [0.25, 0.3) is 0 Å². The van der Waals surface area contributed by atoms with Crippen molar-refractivity contribution in [3.8, 4) is 0 Å². The molecule has 1 saturated carbocycles. The summed E-state index contributed by atoms with van der Waals surface area (Å²) in [7, 11) is 4.77. The van der Waals surface area contributed by atoms with E-state index < -0.39 is 0 Å². The first-order valence-corrected chi connectivity index (χ1v) is 5.16. The van der Waals surface area contributed by atoms with Gasteiger partial charge in [-0.2, -0.15) is 0 Å². The summed E-state index contributed by atoms with van der Waals surface area (Å²) < 4.78 is 1.27. The average molecular weight is 164 g/mol. The SMILES string of the molecule is C[N+]1(C)C[C@@H]2[C@@H](C1)[C@H]1C=C[C@@H]2C1. The molecule has 0 unspecified atom stereocenters. The summed E-state index contributed by atoms with van der Waals surface area (Å²) in [6.45, 7) is 2.85. The van der Waals surface area contributed by atoms with Crippen molar-refractivity contribution in [3.05, 3.63) is 12.2 Å². The average Bonchev–Trinajstić information content (AvgIpc) is 2.54. The highest BCUT2D eigenvalue weighted by Crippen LogP contribution is 2.52. The predicted molar refractivity (Wildman–Crippen MR) is 49.6 cm³/mol. The monoisotopic (exact) mass is 164 g/mol. The zero-order chi connectivity index (χ0) is 8.34. The van der Waals surface area contributed by atoms with Gasteiger partial charge in [-0.05, 0) is 18.3 Å². The molecule has 2 fully saturated rings. The Hall–Kier alpha value is -0.300. The zero-order valence-electron chi connectivity index (χ0n) is 8.03. The van der Waals surface area contributed by atoms with Gasteiger partial charge in [-0.15, -0.1) is 0 Å². The lowest BCUT2D eigenvalue weighted by Gasteiger charge is -2.25. The summed E-state index contributed by atoms with van der Waals surface area (Å²) in [5.41, 5.74) is 0. The molecule has 1 heteroatoms. The van der Waals surface area contributed by atoms with E-state index in [2.05, 4.69) is 26.2 Å². The highest BCUT2D eigenvalue weighted by Gasteiger charge is 2.53. The summed E-state index contributed by atoms with van der Waals surface area (Å²) in [5, 5.41) is 0.